The van der Waals surface area contributed by atoms with E-state index < -0.39 is 0 Å². The van der Waals surface area contributed by atoms with Crippen LogP contribution >= 0.6 is 0 Å². The van der Waals surface area contributed by atoms with Crippen LogP contribution in [0.3, 0.4) is 0 Å². The lowest BCUT2D eigenvalue weighted by molar-refractivity contribution is 0.103. The topological polar surface area (TPSA) is 77.8 Å². The van der Waals surface area contributed by atoms with Crippen LogP contribution in [0.15, 0.2) is 66.7 Å². The number of carbonyl (C=O) groups is 1. The van der Waals surface area contributed by atoms with Crippen molar-refractivity contribution in [2.24, 2.45) is 0 Å². The molecule has 3 rings (SSSR count). The number of phenols is 3. The highest BCUT2D eigenvalue weighted by Gasteiger charge is 2.12. The number of para-hydroxylation sites is 1. The van der Waals surface area contributed by atoms with Gasteiger partial charge in [-0.3, -0.25) is 4.79 Å². The maximum Gasteiger partial charge on any atom is 0.196 e. The molecule has 25 heavy (non-hydrogen) atoms. The van der Waals surface area contributed by atoms with Crippen molar-refractivity contribution in [2.45, 2.75) is 0 Å². The number of ketones is 1. The average Bonchev–Trinajstić information content (AvgIpc) is 2.59. The van der Waals surface area contributed by atoms with Crippen molar-refractivity contribution in [3.63, 3.8) is 0 Å². The molecule has 0 bridgehead atoms. The molecular weight excluding hydrogens is 316 g/mol. The average molecular weight is 332 g/mol. The first-order valence-electron chi connectivity index (χ1n) is 7.67. The van der Waals surface area contributed by atoms with Crippen molar-refractivity contribution in [3.8, 4) is 17.2 Å². The van der Waals surface area contributed by atoms with E-state index in [1.807, 2.05) is 6.08 Å². The Morgan fingerprint density at radius 3 is 1.96 bits per heavy atom. The fourth-order valence-corrected chi connectivity index (χ4v) is 2.47. The molecule has 0 saturated carbocycles. The number of aromatic hydroxyl groups is 3. The molecule has 3 aromatic carbocycles. The van der Waals surface area contributed by atoms with Crippen molar-refractivity contribution in [1.29, 1.82) is 0 Å². The van der Waals surface area contributed by atoms with Gasteiger partial charge in [0.25, 0.3) is 0 Å². The number of benzene rings is 3. The van der Waals surface area contributed by atoms with Crippen molar-refractivity contribution in [1.82, 2.24) is 0 Å². The van der Waals surface area contributed by atoms with Gasteiger partial charge in [-0.05, 0) is 35.4 Å². The quantitative estimate of drug-likeness (QED) is 0.494. The number of rotatable bonds is 4. The molecule has 3 aromatic rings. The Morgan fingerprint density at radius 2 is 1.32 bits per heavy atom. The molecule has 0 saturated heterocycles. The van der Waals surface area contributed by atoms with E-state index >= 15 is 0 Å². The van der Waals surface area contributed by atoms with Crippen LogP contribution in [0.2, 0.25) is 0 Å². The molecular formula is C21H16O4. The number of carbonyl (C=O) groups excluding carboxylic acids is 1. The second-order valence-corrected chi connectivity index (χ2v) is 5.58. The Hall–Kier alpha value is -3.53. The molecule has 0 heterocycles. The Kier molecular flexibility index (Phi) is 4.53. The van der Waals surface area contributed by atoms with Crippen molar-refractivity contribution >= 4 is 17.9 Å². The zero-order valence-electron chi connectivity index (χ0n) is 13.3. The summed E-state index contributed by atoms with van der Waals surface area (Å²) < 4.78 is 0. The predicted molar refractivity (Wildman–Crippen MR) is 96.7 cm³/mol. The first kappa shape index (κ1) is 16.3. The molecule has 0 spiro atoms. The zero-order chi connectivity index (χ0) is 17.8. The van der Waals surface area contributed by atoms with Crippen molar-refractivity contribution < 1.29 is 20.1 Å². The summed E-state index contributed by atoms with van der Waals surface area (Å²) in [6, 6.07) is 17.7. The number of hydrogen-bond acceptors (Lipinski definition) is 4. The van der Waals surface area contributed by atoms with Gasteiger partial charge in [-0.15, -0.1) is 0 Å². The molecule has 3 N–H and O–H groups in total. The van der Waals surface area contributed by atoms with Crippen molar-refractivity contribution in [2.75, 3.05) is 0 Å². The van der Waals surface area contributed by atoms with Crippen molar-refractivity contribution in [3.05, 3.63) is 89.0 Å². The Balaban J connectivity index is 1.79. The number of phenolic OH excluding ortho intramolecular Hbond substituents is 3. The molecule has 0 aliphatic rings. The molecule has 0 fully saturated rings. The van der Waals surface area contributed by atoms with Gasteiger partial charge >= 0.3 is 0 Å². The summed E-state index contributed by atoms with van der Waals surface area (Å²) >= 11 is 0. The minimum Gasteiger partial charge on any atom is -0.508 e. The molecule has 0 unspecified atom stereocenters. The summed E-state index contributed by atoms with van der Waals surface area (Å²) in [6.07, 6.45) is 3.56. The van der Waals surface area contributed by atoms with Crippen LogP contribution in [-0.4, -0.2) is 21.1 Å². The second-order valence-electron chi connectivity index (χ2n) is 5.58. The normalized spacial score (nSPS) is 10.9. The minimum absolute atomic E-state index is 0.0109. The molecule has 0 aliphatic carbocycles. The molecule has 0 radical (unpaired) electrons. The third-order valence-corrected chi connectivity index (χ3v) is 3.71. The van der Waals surface area contributed by atoms with Crippen LogP contribution in [0, 0.1) is 0 Å². The predicted octanol–water partition coefficient (Wildman–Crippen LogP) is 4.20. The Bertz CT molecular complexity index is 920. The van der Waals surface area contributed by atoms with Gasteiger partial charge in [-0.1, -0.05) is 48.6 Å². The van der Waals surface area contributed by atoms with Crippen LogP contribution in [0.5, 0.6) is 17.2 Å². The third-order valence-electron chi connectivity index (χ3n) is 3.71. The van der Waals surface area contributed by atoms with Crippen LogP contribution in [-0.2, 0) is 0 Å². The monoisotopic (exact) mass is 332 g/mol. The first-order chi connectivity index (χ1) is 12.0. The summed E-state index contributed by atoms with van der Waals surface area (Å²) in [5.41, 5.74) is 2.26. The summed E-state index contributed by atoms with van der Waals surface area (Å²) in [6.45, 7) is 0. The van der Waals surface area contributed by atoms with E-state index in [0.717, 1.165) is 5.56 Å². The van der Waals surface area contributed by atoms with Gasteiger partial charge in [0.2, 0.25) is 0 Å². The maximum absolute atomic E-state index is 12.4. The number of hydrogen-bond donors (Lipinski definition) is 3. The van der Waals surface area contributed by atoms with E-state index in [4.69, 9.17) is 0 Å². The summed E-state index contributed by atoms with van der Waals surface area (Å²) in [5.74, 6) is -0.307. The van der Waals surface area contributed by atoms with Crippen LogP contribution < -0.4 is 0 Å². The van der Waals surface area contributed by atoms with E-state index in [1.54, 1.807) is 48.5 Å². The van der Waals surface area contributed by atoms with Crippen LogP contribution in [0.4, 0.5) is 0 Å². The van der Waals surface area contributed by atoms with E-state index in [0.29, 0.717) is 11.1 Å². The van der Waals surface area contributed by atoms with Gasteiger partial charge in [-0.2, -0.15) is 0 Å². The SMILES string of the molecule is O=C(c1ccc(C=Cc2cc(O)cc(O)c2)cc1)c1ccccc1O. The van der Waals surface area contributed by atoms with Gasteiger partial charge in [-0.25, -0.2) is 0 Å². The second kappa shape index (κ2) is 6.93. The van der Waals surface area contributed by atoms with E-state index in [2.05, 4.69) is 0 Å². The lowest BCUT2D eigenvalue weighted by atomic mass is 10.0. The Morgan fingerprint density at radius 1 is 0.720 bits per heavy atom. The van der Waals surface area contributed by atoms with Crippen LogP contribution in [0.25, 0.3) is 12.2 Å². The molecule has 4 nitrogen and oxygen atoms in total. The summed E-state index contributed by atoms with van der Waals surface area (Å²) in [7, 11) is 0. The highest BCUT2D eigenvalue weighted by Crippen LogP contribution is 2.23. The summed E-state index contributed by atoms with van der Waals surface area (Å²) in [5, 5.41) is 28.7. The lowest BCUT2D eigenvalue weighted by Crippen LogP contribution is -2.01. The largest absolute Gasteiger partial charge is 0.508 e. The van der Waals surface area contributed by atoms with Gasteiger partial charge in [0.05, 0.1) is 5.56 Å². The highest BCUT2D eigenvalue weighted by atomic mass is 16.3. The van der Waals surface area contributed by atoms with Gasteiger partial charge in [0.15, 0.2) is 5.78 Å². The highest BCUT2D eigenvalue weighted by molar-refractivity contribution is 6.10. The van der Waals surface area contributed by atoms with Crippen LogP contribution in [0.1, 0.15) is 27.0 Å². The molecule has 4 heteroatoms. The third kappa shape index (κ3) is 3.87. The maximum atomic E-state index is 12.4. The zero-order valence-corrected chi connectivity index (χ0v) is 13.3. The van der Waals surface area contributed by atoms with Gasteiger partial charge in [0.1, 0.15) is 17.2 Å². The van der Waals surface area contributed by atoms with Gasteiger partial charge < -0.3 is 15.3 Å². The fraction of sp³-hybridized carbons (Fsp3) is 0. The van der Waals surface area contributed by atoms with E-state index in [1.165, 1.54) is 24.3 Å². The summed E-state index contributed by atoms with van der Waals surface area (Å²) in [4.78, 5) is 12.4. The Labute approximate surface area is 144 Å². The van der Waals surface area contributed by atoms with E-state index in [9.17, 15) is 20.1 Å². The molecule has 0 atom stereocenters. The first-order valence-corrected chi connectivity index (χ1v) is 7.67. The molecule has 0 amide bonds. The lowest BCUT2D eigenvalue weighted by Gasteiger charge is -2.04. The molecule has 0 aliphatic heterocycles. The minimum atomic E-state index is -0.244. The fourth-order valence-electron chi connectivity index (χ4n) is 2.47. The molecule has 124 valence electrons. The molecule has 0 aromatic heterocycles. The van der Waals surface area contributed by atoms with Gasteiger partial charge in [0, 0.05) is 11.6 Å². The smallest absolute Gasteiger partial charge is 0.196 e. The van der Waals surface area contributed by atoms with E-state index in [-0.39, 0.29) is 28.6 Å². The standard InChI is InChI=1S/C21H16O4/c22-17-11-15(12-18(23)13-17)6-5-14-7-9-16(10-8-14)21(25)19-3-1-2-4-20(19)24/h1-13,22-24H.